The van der Waals surface area contributed by atoms with Gasteiger partial charge in [-0.15, -0.1) is 11.3 Å². The van der Waals surface area contributed by atoms with Gasteiger partial charge in [-0.1, -0.05) is 17.2 Å². The molecule has 0 fully saturated rings. The second-order valence-corrected chi connectivity index (χ2v) is 5.74. The molecule has 0 unspecified atom stereocenters. The summed E-state index contributed by atoms with van der Waals surface area (Å²) in [5.41, 5.74) is 1.65. The van der Waals surface area contributed by atoms with Gasteiger partial charge in [0.1, 0.15) is 0 Å². The Morgan fingerprint density at radius 1 is 1.10 bits per heavy atom. The Morgan fingerprint density at radius 2 is 1.67 bits per heavy atom. The molecule has 106 valence electrons. The Kier molecular flexibility index (Phi) is 3.10. The minimum Gasteiger partial charge on any atom is -0.324 e. The first-order valence-corrected chi connectivity index (χ1v) is 7.13. The number of amides is 2. The third kappa shape index (κ3) is 2.04. The van der Waals surface area contributed by atoms with Gasteiger partial charge in [0.25, 0.3) is 11.8 Å². The molecule has 0 atom stereocenters. The first kappa shape index (κ1) is 13.5. The third-order valence-electron chi connectivity index (χ3n) is 3.44. The molecule has 0 N–H and O–H groups in total. The molecule has 2 aromatic rings. The zero-order valence-corrected chi connectivity index (χ0v) is 12.2. The predicted molar refractivity (Wildman–Crippen MR) is 76.2 cm³/mol. The van der Waals surface area contributed by atoms with Crippen molar-refractivity contribution in [3.8, 4) is 0 Å². The van der Waals surface area contributed by atoms with Gasteiger partial charge in [-0.05, 0) is 31.5 Å². The molecule has 1 aliphatic rings. The molecular weight excluding hydrogens is 290 g/mol. The number of benzene rings is 1. The number of aryl methyl sites for hydroxylation is 1. The zero-order chi connectivity index (χ0) is 15.1. The molecule has 0 bridgehead atoms. The summed E-state index contributed by atoms with van der Waals surface area (Å²) in [4.78, 5) is 42.3. The summed E-state index contributed by atoms with van der Waals surface area (Å²) < 4.78 is 0. The summed E-state index contributed by atoms with van der Waals surface area (Å²) in [7, 11) is 0. The van der Waals surface area contributed by atoms with Crippen molar-refractivity contribution in [2.24, 2.45) is 0 Å². The van der Waals surface area contributed by atoms with Crippen LogP contribution in [-0.4, -0.2) is 22.8 Å². The van der Waals surface area contributed by atoms with Crippen LogP contribution in [0.3, 0.4) is 0 Å². The molecule has 0 saturated carbocycles. The molecule has 2 amide bonds. The summed E-state index contributed by atoms with van der Waals surface area (Å²) in [5.74, 6) is -1.94. The smallest absolute Gasteiger partial charge is 0.324 e. The van der Waals surface area contributed by atoms with Gasteiger partial charge in [0, 0.05) is 10.3 Å². The molecule has 1 aromatic heterocycles. The number of imide groups is 1. The van der Waals surface area contributed by atoms with Gasteiger partial charge < -0.3 is 4.84 Å². The molecule has 0 saturated heterocycles. The van der Waals surface area contributed by atoms with E-state index in [0.29, 0.717) is 10.6 Å². The second kappa shape index (κ2) is 4.82. The lowest BCUT2D eigenvalue weighted by Crippen LogP contribution is -2.32. The van der Waals surface area contributed by atoms with Gasteiger partial charge in [0.15, 0.2) is 0 Å². The van der Waals surface area contributed by atoms with Gasteiger partial charge in [-0.25, -0.2) is 4.79 Å². The van der Waals surface area contributed by atoms with Crippen molar-refractivity contribution in [1.82, 2.24) is 5.06 Å². The van der Waals surface area contributed by atoms with E-state index in [2.05, 4.69) is 0 Å². The van der Waals surface area contributed by atoms with E-state index in [4.69, 9.17) is 4.84 Å². The van der Waals surface area contributed by atoms with Crippen LogP contribution in [0.25, 0.3) is 0 Å². The molecule has 1 aliphatic heterocycles. The topological polar surface area (TPSA) is 63.7 Å². The van der Waals surface area contributed by atoms with Crippen LogP contribution in [0.5, 0.6) is 0 Å². The van der Waals surface area contributed by atoms with Crippen LogP contribution in [0.2, 0.25) is 0 Å². The van der Waals surface area contributed by atoms with E-state index in [1.807, 2.05) is 6.92 Å². The monoisotopic (exact) mass is 301 g/mol. The van der Waals surface area contributed by atoms with E-state index in [-0.39, 0.29) is 11.1 Å². The van der Waals surface area contributed by atoms with Crippen LogP contribution >= 0.6 is 11.3 Å². The number of hydrogen-bond acceptors (Lipinski definition) is 5. The second-order valence-electron chi connectivity index (χ2n) is 4.66. The maximum absolute atomic E-state index is 12.1. The van der Waals surface area contributed by atoms with Crippen LogP contribution in [0.4, 0.5) is 0 Å². The highest BCUT2D eigenvalue weighted by molar-refractivity contribution is 7.10. The average molecular weight is 301 g/mol. The Hall–Kier alpha value is -2.47. The normalized spacial score (nSPS) is 13.5. The van der Waals surface area contributed by atoms with E-state index < -0.39 is 17.8 Å². The first-order valence-electron chi connectivity index (χ1n) is 6.25. The number of carbonyl (C=O) groups is 3. The molecule has 0 aliphatic carbocycles. The third-order valence-corrected chi connectivity index (χ3v) is 4.45. The lowest BCUT2D eigenvalue weighted by molar-refractivity contribution is -0.0584. The average Bonchev–Trinajstić information content (AvgIpc) is 2.93. The van der Waals surface area contributed by atoms with Crippen molar-refractivity contribution in [3.05, 3.63) is 56.8 Å². The maximum atomic E-state index is 12.1. The highest BCUT2D eigenvalue weighted by Crippen LogP contribution is 2.25. The lowest BCUT2D eigenvalue weighted by Gasteiger charge is -2.12. The van der Waals surface area contributed by atoms with Crippen LogP contribution < -0.4 is 0 Å². The Bertz CT molecular complexity index is 743. The quantitative estimate of drug-likeness (QED) is 0.800. The number of carbonyl (C=O) groups excluding carboxylic acids is 3. The van der Waals surface area contributed by atoms with Crippen molar-refractivity contribution < 1.29 is 19.2 Å². The lowest BCUT2D eigenvalue weighted by atomic mass is 10.1. The van der Waals surface area contributed by atoms with Crippen molar-refractivity contribution in [2.45, 2.75) is 13.8 Å². The minimum absolute atomic E-state index is 0.244. The van der Waals surface area contributed by atoms with Crippen molar-refractivity contribution in [1.29, 1.82) is 0 Å². The van der Waals surface area contributed by atoms with Gasteiger partial charge in [-0.3, -0.25) is 9.59 Å². The summed E-state index contributed by atoms with van der Waals surface area (Å²) >= 11 is 1.42. The largest absolute Gasteiger partial charge is 0.365 e. The SMILES string of the molecule is Cc1scc(C(=O)ON2C(=O)c3ccccc3C2=O)c1C. The highest BCUT2D eigenvalue weighted by atomic mass is 32.1. The van der Waals surface area contributed by atoms with E-state index in [1.54, 1.807) is 24.4 Å². The summed E-state index contributed by atoms with van der Waals surface area (Å²) in [6.07, 6.45) is 0. The number of fused-ring (bicyclic) bond motifs is 1. The van der Waals surface area contributed by atoms with E-state index in [9.17, 15) is 14.4 Å². The van der Waals surface area contributed by atoms with Gasteiger partial charge in [0.05, 0.1) is 16.7 Å². The Balaban J connectivity index is 1.87. The summed E-state index contributed by atoms with van der Waals surface area (Å²) in [6, 6.07) is 6.37. The molecule has 21 heavy (non-hydrogen) atoms. The fraction of sp³-hybridized carbons (Fsp3) is 0.133. The fourth-order valence-corrected chi connectivity index (χ4v) is 2.95. The molecule has 3 rings (SSSR count). The molecule has 0 radical (unpaired) electrons. The van der Waals surface area contributed by atoms with Crippen LogP contribution in [0.15, 0.2) is 29.6 Å². The zero-order valence-electron chi connectivity index (χ0n) is 11.4. The molecule has 2 heterocycles. The maximum Gasteiger partial charge on any atom is 0.365 e. The molecule has 5 nitrogen and oxygen atoms in total. The Labute approximate surface area is 124 Å². The number of hydroxylamine groups is 2. The number of nitrogens with zero attached hydrogens (tertiary/aromatic N) is 1. The van der Waals surface area contributed by atoms with Crippen molar-refractivity contribution in [3.63, 3.8) is 0 Å². The number of hydrogen-bond donors (Lipinski definition) is 0. The number of rotatable bonds is 2. The van der Waals surface area contributed by atoms with E-state index in [1.165, 1.54) is 23.5 Å². The van der Waals surface area contributed by atoms with E-state index >= 15 is 0 Å². The van der Waals surface area contributed by atoms with Crippen LogP contribution in [0, 0.1) is 13.8 Å². The van der Waals surface area contributed by atoms with E-state index in [0.717, 1.165) is 10.4 Å². The minimum atomic E-state index is -0.702. The molecule has 6 heteroatoms. The highest BCUT2D eigenvalue weighted by Gasteiger charge is 2.39. The molecule has 1 aromatic carbocycles. The van der Waals surface area contributed by atoms with Gasteiger partial charge in [0.2, 0.25) is 0 Å². The Morgan fingerprint density at radius 3 is 2.14 bits per heavy atom. The van der Waals surface area contributed by atoms with Crippen molar-refractivity contribution >= 4 is 29.1 Å². The van der Waals surface area contributed by atoms with Gasteiger partial charge in [-0.2, -0.15) is 0 Å². The molecular formula is C15H11NO4S. The summed E-state index contributed by atoms with van der Waals surface area (Å²) in [5, 5.41) is 2.19. The fourth-order valence-electron chi connectivity index (χ4n) is 2.10. The number of thiophene rings is 1. The van der Waals surface area contributed by atoms with Crippen LogP contribution in [0.1, 0.15) is 41.5 Å². The summed E-state index contributed by atoms with van der Waals surface area (Å²) in [6.45, 7) is 3.68. The standard InChI is InChI=1S/C15H11NO4S/c1-8-9(2)21-7-12(8)15(19)20-16-13(17)10-5-3-4-6-11(10)14(16)18/h3-7H,1-2H3. The van der Waals surface area contributed by atoms with Gasteiger partial charge >= 0.3 is 5.97 Å². The first-order chi connectivity index (χ1) is 10.0. The predicted octanol–water partition coefficient (Wildman–Crippen LogP) is 2.73. The van der Waals surface area contributed by atoms with Crippen LogP contribution in [-0.2, 0) is 4.84 Å². The van der Waals surface area contributed by atoms with Crippen molar-refractivity contribution in [2.75, 3.05) is 0 Å². The molecule has 0 spiro atoms.